The third kappa shape index (κ3) is 3.84. The molecule has 6 heteroatoms. The van der Waals surface area contributed by atoms with E-state index in [1.807, 2.05) is 6.07 Å². The van der Waals surface area contributed by atoms with Gasteiger partial charge in [-0.25, -0.2) is 4.39 Å². The number of carbonyl (C=O) groups is 1. The first kappa shape index (κ1) is 19.8. The lowest BCUT2D eigenvalue weighted by Gasteiger charge is -2.38. The molecule has 1 N–H and O–H groups in total. The summed E-state index contributed by atoms with van der Waals surface area (Å²) < 4.78 is 20.4. The van der Waals surface area contributed by atoms with Crippen molar-refractivity contribution < 1.29 is 13.9 Å². The lowest BCUT2D eigenvalue weighted by molar-refractivity contribution is 0.00172. The number of hydrogen-bond acceptors (Lipinski definition) is 4. The highest BCUT2D eigenvalue weighted by Crippen LogP contribution is 2.35. The van der Waals surface area contributed by atoms with Crippen LogP contribution in [0.15, 0.2) is 48.7 Å². The average molecular weight is 403 g/mol. The van der Waals surface area contributed by atoms with Crippen molar-refractivity contribution >= 4 is 16.8 Å². The summed E-state index contributed by atoms with van der Waals surface area (Å²) in [6.07, 6.45) is 5.79. The van der Waals surface area contributed by atoms with E-state index in [0.717, 1.165) is 24.6 Å². The van der Waals surface area contributed by atoms with Crippen molar-refractivity contribution in [2.45, 2.75) is 44.8 Å². The number of ether oxygens (including phenoxy) is 1. The Morgan fingerprint density at radius 2 is 2.00 bits per heavy atom. The van der Waals surface area contributed by atoms with Gasteiger partial charge in [-0.3, -0.25) is 9.78 Å². The molecule has 1 fully saturated rings. The predicted octanol–water partition coefficient (Wildman–Crippen LogP) is 5.02. The molecule has 0 radical (unpaired) electrons. The summed E-state index contributed by atoms with van der Waals surface area (Å²) in [4.78, 5) is 17.2. The molecule has 0 saturated heterocycles. The van der Waals surface area contributed by atoms with Crippen LogP contribution >= 0.6 is 0 Å². The van der Waals surface area contributed by atoms with Gasteiger partial charge in [0.25, 0.3) is 5.91 Å². The van der Waals surface area contributed by atoms with Gasteiger partial charge in [-0.05, 0) is 55.7 Å². The monoisotopic (exact) mass is 403 g/mol. The Kier molecular flexibility index (Phi) is 5.37. The van der Waals surface area contributed by atoms with Crippen molar-refractivity contribution in [3.8, 4) is 11.8 Å². The SMILES string of the molecule is Cc1ccc(C(=O)NC2(Oc3ccnc4c(C#N)cccc34)CCCCC2)cc1F. The molecule has 3 aromatic rings. The van der Waals surface area contributed by atoms with E-state index >= 15 is 0 Å². The minimum Gasteiger partial charge on any atom is -0.467 e. The van der Waals surface area contributed by atoms with Crippen molar-refractivity contribution in [3.05, 3.63) is 71.2 Å². The molecular weight excluding hydrogens is 381 g/mol. The quantitative estimate of drug-likeness (QED) is 0.621. The molecule has 0 spiro atoms. The van der Waals surface area contributed by atoms with E-state index in [9.17, 15) is 14.4 Å². The first-order valence-corrected chi connectivity index (χ1v) is 10.1. The Morgan fingerprint density at radius 1 is 1.20 bits per heavy atom. The van der Waals surface area contributed by atoms with E-state index in [-0.39, 0.29) is 11.5 Å². The highest BCUT2D eigenvalue weighted by atomic mass is 19.1. The highest BCUT2D eigenvalue weighted by molar-refractivity contribution is 5.95. The number of pyridine rings is 1. The van der Waals surface area contributed by atoms with E-state index in [4.69, 9.17) is 4.74 Å². The average Bonchev–Trinajstić information content (AvgIpc) is 2.76. The second-order valence-corrected chi connectivity index (χ2v) is 7.70. The lowest BCUT2D eigenvalue weighted by Crippen LogP contribution is -2.54. The highest BCUT2D eigenvalue weighted by Gasteiger charge is 2.36. The molecular formula is C24H22FN3O2. The Bertz CT molecular complexity index is 1150. The molecule has 1 aromatic heterocycles. The van der Waals surface area contributed by atoms with E-state index in [1.54, 1.807) is 43.5 Å². The number of aromatic nitrogens is 1. The maximum Gasteiger partial charge on any atom is 0.254 e. The summed E-state index contributed by atoms with van der Waals surface area (Å²) in [6.45, 7) is 1.66. The molecule has 1 heterocycles. The van der Waals surface area contributed by atoms with Gasteiger partial charge >= 0.3 is 0 Å². The Balaban J connectivity index is 1.68. The number of para-hydroxylation sites is 1. The van der Waals surface area contributed by atoms with E-state index in [0.29, 0.717) is 35.2 Å². The summed E-state index contributed by atoms with van der Waals surface area (Å²) in [6, 6.07) is 13.7. The first-order valence-electron chi connectivity index (χ1n) is 10.1. The second kappa shape index (κ2) is 8.11. The Labute approximate surface area is 174 Å². The molecule has 1 amide bonds. The van der Waals surface area contributed by atoms with Crippen LogP contribution < -0.4 is 10.1 Å². The number of aryl methyl sites for hydroxylation is 1. The zero-order chi connectivity index (χ0) is 21.1. The molecule has 1 aliphatic carbocycles. The number of hydrogen-bond donors (Lipinski definition) is 1. The van der Waals surface area contributed by atoms with Crippen LogP contribution in [0.2, 0.25) is 0 Å². The van der Waals surface area contributed by atoms with Crippen molar-refractivity contribution in [2.24, 2.45) is 0 Å². The number of benzene rings is 2. The maximum atomic E-state index is 14.0. The Morgan fingerprint density at radius 3 is 2.73 bits per heavy atom. The van der Waals surface area contributed by atoms with Crippen LogP contribution in [-0.2, 0) is 0 Å². The summed E-state index contributed by atoms with van der Waals surface area (Å²) in [5.41, 5.74) is 0.892. The summed E-state index contributed by atoms with van der Waals surface area (Å²) in [5.74, 6) is -0.216. The maximum absolute atomic E-state index is 14.0. The first-order chi connectivity index (χ1) is 14.5. The number of nitrogens with one attached hydrogen (secondary N) is 1. The van der Waals surface area contributed by atoms with E-state index < -0.39 is 11.5 Å². The smallest absolute Gasteiger partial charge is 0.254 e. The minimum absolute atomic E-state index is 0.262. The van der Waals surface area contributed by atoms with Crippen LogP contribution in [0.25, 0.3) is 10.9 Å². The number of fused-ring (bicyclic) bond motifs is 1. The molecule has 1 saturated carbocycles. The van der Waals surface area contributed by atoms with Crippen LogP contribution in [0, 0.1) is 24.1 Å². The normalized spacial score (nSPS) is 15.4. The molecule has 0 aliphatic heterocycles. The molecule has 30 heavy (non-hydrogen) atoms. The fraction of sp³-hybridized carbons (Fsp3) is 0.292. The molecule has 152 valence electrons. The van der Waals surface area contributed by atoms with Crippen LogP contribution in [0.5, 0.6) is 5.75 Å². The molecule has 0 atom stereocenters. The van der Waals surface area contributed by atoms with Crippen LogP contribution in [0.4, 0.5) is 4.39 Å². The number of amides is 1. The van der Waals surface area contributed by atoms with Gasteiger partial charge in [0, 0.05) is 30.0 Å². The van der Waals surface area contributed by atoms with Gasteiger partial charge in [0.2, 0.25) is 0 Å². The van der Waals surface area contributed by atoms with Crippen LogP contribution in [0.3, 0.4) is 0 Å². The third-order valence-corrected chi connectivity index (χ3v) is 5.59. The van der Waals surface area contributed by atoms with Crippen molar-refractivity contribution in [1.82, 2.24) is 10.3 Å². The molecule has 5 nitrogen and oxygen atoms in total. The topological polar surface area (TPSA) is 75.0 Å². The minimum atomic E-state index is -0.895. The molecule has 4 rings (SSSR count). The summed E-state index contributed by atoms with van der Waals surface area (Å²) >= 11 is 0. The number of nitrogens with zero attached hydrogens (tertiary/aromatic N) is 2. The van der Waals surface area contributed by atoms with Crippen molar-refractivity contribution in [1.29, 1.82) is 5.26 Å². The largest absolute Gasteiger partial charge is 0.467 e. The van der Waals surface area contributed by atoms with Gasteiger partial charge in [-0.15, -0.1) is 0 Å². The zero-order valence-electron chi connectivity index (χ0n) is 16.7. The molecule has 2 aromatic carbocycles. The standard InChI is InChI=1S/C24H22FN3O2/c1-16-8-9-17(14-20(16)25)23(29)28-24(11-3-2-4-12-24)30-21-10-13-27-22-18(15-26)6-5-7-19(21)22/h5-10,13-14H,2-4,11-12H2,1H3,(H,28,29). The van der Waals surface area contributed by atoms with Crippen LogP contribution in [-0.4, -0.2) is 16.6 Å². The lowest BCUT2D eigenvalue weighted by atomic mass is 9.91. The molecule has 0 unspecified atom stereocenters. The molecule has 0 bridgehead atoms. The summed E-state index contributed by atoms with van der Waals surface area (Å²) in [5, 5.41) is 13.1. The fourth-order valence-corrected chi connectivity index (χ4v) is 3.93. The Hall–Kier alpha value is -3.46. The molecule has 1 aliphatic rings. The van der Waals surface area contributed by atoms with Gasteiger partial charge in [-0.2, -0.15) is 5.26 Å². The predicted molar refractivity (Wildman–Crippen MR) is 112 cm³/mol. The van der Waals surface area contributed by atoms with Crippen LogP contribution in [0.1, 0.15) is 53.6 Å². The van der Waals surface area contributed by atoms with Gasteiger partial charge in [0.05, 0.1) is 11.1 Å². The van der Waals surface area contributed by atoms with Gasteiger partial charge in [0.15, 0.2) is 5.72 Å². The van der Waals surface area contributed by atoms with Gasteiger partial charge in [0.1, 0.15) is 17.6 Å². The summed E-state index contributed by atoms with van der Waals surface area (Å²) in [7, 11) is 0. The number of halogens is 1. The zero-order valence-corrected chi connectivity index (χ0v) is 16.7. The second-order valence-electron chi connectivity index (χ2n) is 7.70. The number of nitriles is 1. The van der Waals surface area contributed by atoms with Crippen molar-refractivity contribution in [2.75, 3.05) is 0 Å². The van der Waals surface area contributed by atoms with Gasteiger partial charge < -0.3 is 10.1 Å². The van der Waals surface area contributed by atoms with Crippen molar-refractivity contribution in [3.63, 3.8) is 0 Å². The number of carbonyl (C=O) groups excluding carboxylic acids is 1. The number of rotatable bonds is 4. The fourth-order valence-electron chi connectivity index (χ4n) is 3.93. The van der Waals surface area contributed by atoms with Gasteiger partial charge in [-0.1, -0.05) is 18.6 Å². The van der Waals surface area contributed by atoms with E-state index in [1.165, 1.54) is 6.07 Å². The third-order valence-electron chi connectivity index (χ3n) is 5.59. The van der Waals surface area contributed by atoms with E-state index in [2.05, 4.69) is 16.4 Å².